The Morgan fingerprint density at radius 2 is 1.46 bits per heavy atom. The minimum atomic E-state index is -5.30. The molecule has 1 aliphatic heterocycles. The number of rotatable bonds is 3. The number of alkyl halides is 3. The zero-order valence-electron chi connectivity index (χ0n) is 11.8. The van der Waals surface area contributed by atoms with Crippen molar-refractivity contribution in [2.45, 2.75) is 10.4 Å². The van der Waals surface area contributed by atoms with Gasteiger partial charge in [0.15, 0.2) is 10.3 Å². The van der Waals surface area contributed by atoms with Crippen molar-refractivity contribution in [3.05, 3.63) is 65.7 Å². The van der Waals surface area contributed by atoms with Gasteiger partial charge in [-0.15, -0.1) is 0 Å². The van der Waals surface area contributed by atoms with E-state index < -0.39 is 26.1 Å². The lowest BCUT2D eigenvalue weighted by Gasteiger charge is -2.34. The second-order valence-electron chi connectivity index (χ2n) is 4.86. The highest BCUT2D eigenvalue weighted by atomic mass is 35.7. The summed E-state index contributed by atoms with van der Waals surface area (Å²) in [6.07, 6.45) is 1.22. The molecule has 1 atom stereocenters. The van der Waals surface area contributed by atoms with Crippen LogP contribution >= 0.6 is 10.3 Å². The van der Waals surface area contributed by atoms with Crippen LogP contribution in [0.25, 0.3) is 11.0 Å². The van der Waals surface area contributed by atoms with Gasteiger partial charge in [-0.3, -0.25) is 0 Å². The zero-order valence-corrected chi connectivity index (χ0v) is 13.4. The molecule has 128 valence electrons. The molecule has 0 bridgehead atoms. The van der Waals surface area contributed by atoms with E-state index in [1.807, 2.05) is 0 Å². The Kier molecular flexibility index (Phi) is 4.15. The molecule has 0 aliphatic carbocycles. The average Bonchev–Trinajstić information content (AvgIpc) is 2.82. The smallest absolute Gasteiger partial charge is 0.182 e. The Balaban J connectivity index is 2.31. The molecule has 0 N–H and O–H groups in total. The van der Waals surface area contributed by atoms with Gasteiger partial charge in [-0.05, 0) is 23.3 Å². The van der Waals surface area contributed by atoms with Gasteiger partial charge < -0.3 is 0 Å². The van der Waals surface area contributed by atoms with Crippen molar-refractivity contribution in [3.8, 4) is 0 Å². The summed E-state index contributed by atoms with van der Waals surface area (Å²) in [7, 11) is -9.84. The molecular formula is C15H10ClF3O4S. The number of benzene rings is 2. The van der Waals surface area contributed by atoms with Crippen LogP contribution in [0, 0.1) is 10.2 Å². The van der Waals surface area contributed by atoms with Crippen molar-refractivity contribution in [2.24, 2.45) is 0 Å². The summed E-state index contributed by atoms with van der Waals surface area (Å²) in [5, 5.41) is 0. The fourth-order valence-electron chi connectivity index (χ4n) is 2.52. The predicted molar refractivity (Wildman–Crippen MR) is 73.8 cm³/mol. The predicted octanol–water partition coefficient (Wildman–Crippen LogP) is 1.71. The molecule has 1 aliphatic rings. The quantitative estimate of drug-likeness (QED) is 0.814. The lowest BCUT2D eigenvalue weighted by Crippen LogP contribution is -2.61. The first-order valence-corrected chi connectivity index (χ1v) is 9.32. The topological polar surface area (TPSA) is 78.4 Å². The van der Waals surface area contributed by atoms with Crippen LogP contribution in [-0.4, -0.2) is 5.51 Å². The van der Waals surface area contributed by atoms with Crippen molar-refractivity contribution >= 4 is 21.3 Å². The monoisotopic (exact) mass is 378 g/mol. The Morgan fingerprint density at radius 1 is 0.875 bits per heavy atom. The fourth-order valence-corrected chi connectivity index (χ4v) is 6.50. The SMILES string of the molecule is [O-][Cl+3]([O-])([O-])OS1(C(F)(F)F)C(c2ccccc2)=Cc2ccccc21. The van der Waals surface area contributed by atoms with E-state index >= 15 is 0 Å². The highest BCUT2D eigenvalue weighted by Gasteiger charge is 2.67. The number of hydrogen-bond acceptors (Lipinski definition) is 4. The van der Waals surface area contributed by atoms with E-state index in [1.54, 1.807) is 6.07 Å². The summed E-state index contributed by atoms with van der Waals surface area (Å²) in [6.45, 7) is 0. The van der Waals surface area contributed by atoms with Crippen LogP contribution in [0.3, 0.4) is 0 Å². The van der Waals surface area contributed by atoms with Gasteiger partial charge in [-0.1, -0.05) is 48.5 Å². The van der Waals surface area contributed by atoms with E-state index in [-0.39, 0.29) is 20.9 Å². The van der Waals surface area contributed by atoms with E-state index in [4.69, 9.17) is 0 Å². The van der Waals surface area contributed by atoms with Crippen molar-refractivity contribution in [3.63, 3.8) is 0 Å². The number of hydrogen-bond donors (Lipinski definition) is 0. The van der Waals surface area contributed by atoms with Gasteiger partial charge in [0.2, 0.25) is 0 Å². The van der Waals surface area contributed by atoms with Crippen LogP contribution in [0.4, 0.5) is 13.2 Å². The van der Waals surface area contributed by atoms with E-state index in [2.05, 4.69) is 3.74 Å². The lowest BCUT2D eigenvalue weighted by molar-refractivity contribution is -1.91. The van der Waals surface area contributed by atoms with E-state index in [9.17, 15) is 27.1 Å². The Morgan fingerprint density at radius 3 is 2.04 bits per heavy atom. The molecule has 24 heavy (non-hydrogen) atoms. The molecule has 9 heteroatoms. The van der Waals surface area contributed by atoms with Crippen LogP contribution in [-0.2, 0) is 3.74 Å². The summed E-state index contributed by atoms with van der Waals surface area (Å²) in [4.78, 5) is -0.730. The maximum atomic E-state index is 14.0. The van der Waals surface area contributed by atoms with Crippen LogP contribution < -0.4 is 14.0 Å². The highest BCUT2D eigenvalue weighted by Crippen LogP contribution is 2.80. The highest BCUT2D eigenvalue weighted by molar-refractivity contribution is 8.38. The summed E-state index contributed by atoms with van der Waals surface area (Å²) < 4.78 is 79.6. The first-order valence-electron chi connectivity index (χ1n) is 6.53. The molecule has 1 heterocycles. The molecule has 2 aromatic carbocycles. The van der Waals surface area contributed by atoms with E-state index in [0.29, 0.717) is 0 Å². The van der Waals surface area contributed by atoms with Crippen molar-refractivity contribution in [2.75, 3.05) is 0 Å². The van der Waals surface area contributed by atoms with Crippen molar-refractivity contribution in [1.29, 1.82) is 0 Å². The largest absolute Gasteiger partial charge is 0.469 e. The minimum absolute atomic E-state index is 0.139. The van der Waals surface area contributed by atoms with Crippen LogP contribution in [0.1, 0.15) is 11.1 Å². The Hall–Kier alpha value is -1.55. The maximum absolute atomic E-state index is 14.0. The van der Waals surface area contributed by atoms with Crippen LogP contribution in [0.5, 0.6) is 0 Å². The minimum Gasteiger partial charge on any atom is -0.182 e. The second kappa shape index (κ2) is 5.76. The zero-order chi connectivity index (χ0) is 17.6. The van der Waals surface area contributed by atoms with Gasteiger partial charge in [0, 0.05) is 9.80 Å². The Labute approximate surface area is 139 Å². The number of halogens is 4. The molecule has 0 spiro atoms. The average molecular weight is 379 g/mol. The van der Waals surface area contributed by atoms with Gasteiger partial charge in [0.1, 0.15) is 3.74 Å². The third kappa shape index (κ3) is 2.81. The molecule has 0 saturated carbocycles. The third-order valence-electron chi connectivity index (χ3n) is 3.38. The summed E-state index contributed by atoms with van der Waals surface area (Å²) >= 11 is 0. The molecule has 0 fully saturated rings. The van der Waals surface area contributed by atoms with Crippen LogP contribution in [0.2, 0.25) is 0 Å². The molecule has 2 aromatic rings. The normalized spacial score (nSPS) is 23.3. The van der Waals surface area contributed by atoms with Crippen molar-refractivity contribution in [1.82, 2.24) is 0 Å². The third-order valence-corrected chi connectivity index (χ3v) is 7.37. The van der Waals surface area contributed by atoms with Crippen molar-refractivity contribution < 1.29 is 41.1 Å². The standard InChI is InChI=1S/C15H10ClF3O4S/c17-15(18,19)24(23-16(20,21)22)13-9-5-4-8-12(13)10-14(24)11-6-2-1-3-7-11/h1-10H. The first kappa shape index (κ1) is 17.3. The number of fused-ring (bicyclic) bond motifs is 1. The van der Waals surface area contributed by atoms with Gasteiger partial charge >= 0.3 is 5.51 Å². The van der Waals surface area contributed by atoms with Gasteiger partial charge in [-0.2, -0.15) is 27.1 Å². The van der Waals surface area contributed by atoms with E-state index in [1.165, 1.54) is 48.5 Å². The lowest BCUT2D eigenvalue weighted by atomic mass is 10.1. The Bertz CT molecular complexity index is 789. The summed E-state index contributed by atoms with van der Waals surface area (Å²) in [6, 6.07) is 12.9. The molecule has 0 amide bonds. The summed E-state index contributed by atoms with van der Waals surface area (Å²) in [5.41, 5.74) is -4.78. The molecule has 4 nitrogen and oxygen atoms in total. The summed E-state index contributed by atoms with van der Waals surface area (Å²) in [5.74, 6) is 0. The van der Waals surface area contributed by atoms with Crippen LogP contribution in [0.15, 0.2) is 59.5 Å². The molecule has 0 saturated heterocycles. The molecule has 1 unspecified atom stereocenters. The van der Waals surface area contributed by atoms with Gasteiger partial charge in [0.25, 0.3) is 0 Å². The fraction of sp³-hybridized carbons (Fsp3) is 0.0667. The molecule has 3 rings (SSSR count). The van der Waals surface area contributed by atoms with E-state index in [0.717, 1.165) is 6.07 Å². The molecular weight excluding hydrogens is 369 g/mol. The van der Waals surface area contributed by atoms with Gasteiger partial charge in [0.05, 0.1) is 10.2 Å². The molecule has 0 radical (unpaired) electrons. The maximum Gasteiger partial charge on any atom is 0.469 e. The first-order chi connectivity index (χ1) is 11.2. The van der Waals surface area contributed by atoms with Gasteiger partial charge in [-0.25, -0.2) is 0 Å². The second-order valence-corrected chi connectivity index (χ2v) is 8.57. The molecule has 0 aromatic heterocycles.